The lowest BCUT2D eigenvalue weighted by molar-refractivity contribution is 0.354. The fraction of sp³-hybridized carbons (Fsp3) is 0.833. The molecule has 0 spiro atoms. The maximum absolute atomic E-state index is 8.16. The molecule has 1 fully saturated rings. The monoisotopic (exact) mass is 110 g/mol. The van der Waals surface area contributed by atoms with Crippen LogP contribution in [-0.4, -0.2) is 12.6 Å². The van der Waals surface area contributed by atoms with E-state index < -0.39 is 0 Å². The van der Waals surface area contributed by atoms with E-state index in [2.05, 4.69) is 11.4 Å². The smallest absolute Gasteiger partial charge is 0.0622 e. The van der Waals surface area contributed by atoms with Crippen LogP contribution in [0.25, 0.3) is 0 Å². The molecule has 0 aromatic rings. The molecule has 1 heterocycles. The Morgan fingerprint density at radius 3 is 2.88 bits per heavy atom. The average Bonchev–Trinajstić information content (AvgIpc) is 1.63. The topological polar surface area (TPSA) is 35.8 Å². The van der Waals surface area contributed by atoms with Crippen molar-refractivity contribution >= 4 is 0 Å². The number of hydrogen-bond donors (Lipinski definition) is 1. The van der Waals surface area contributed by atoms with Crippen molar-refractivity contribution in [2.75, 3.05) is 6.54 Å². The number of rotatable bonds is 2. The van der Waals surface area contributed by atoms with Crippen LogP contribution >= 0.6 is 0 Å². The van der Waals surface area contributed by atoms with Crippen LogP contribution in [-0.2, 0) is 0 Å². The van der Waals surface area contributed by atoms with E-state index in [9.17, 15) is 0 Å². The Bertz CT molecular complexity index is 99.6. The normalized spacial score (nSPS) is 26.1. The second kappa shape index (κ2) is 2.68. The van der Waals surface area contributed by atoms with Crippen molar-refractivity contribution < 1.29 is 0 Å². The van der Waals surface area contributed by atoms with Gasteiger partial charge in [-0.3, -0.25) is 0 Å². The minimum atomic E-state index is 0.662. The summed E-state index contributed by atoms with van der Waals surface area (Å²) in [5, 5.41) is 11.4. The standard InChI is InChI=1S/C6H10N2/c7-4-1-2-6-3-5-8-6/h6,8H,1-3,5H2. The first-order valence-corrected chi connectivity index (χ1v) is 3.04. The van der Waals surface area contributed by atoms with E-state index in [0.29, 0.717) is 12.5 Å². The first-order chi connectivity index (χ1) is 3.93. The summed E-state index contributed by atoms with van der Waals surface area (Å²) >= 11 is 0. The summed E-state index contributed by atoms with van der Waals surface area (Å²) < 4.78 is 0. The van der Waals surface area contributed by atoms with Crippen LogP contribution in [0.3, 0.4) is 0 Å². The van der Waals surface area contributed by atoms with E-state index >= 15 is 0 Å². The van der Waals surface area contributed by atoms with Crippen LogP contribution in [0.5, 0.6) is 0 Å². The summed E-state index contributed by atoms with van der Waals surface area (Å²) in [5.41, 5.74) is 0. The van der Waals surface area contributed by atoms with Gasteiger partial charge in [-0.05, 0) is 19.4 Å². The van der Waals surface area contributed by atoms with Crippen LogP contribution in [0.15, 0.2) is 0 Å². The van der Waals surface area contributed by atoms with Gasteiger partial charge in [-0.25, -0.2) is 0 Å². The second-order valence-electron chi connectivity index (χ2n) is 2.14. The lowest BCUT2D eigenvalue weighted by atomic mass is 10.0. The van der Waals surface area contributed by atoms with E-state index in [-0.39, 0.29) is 0 Å². The molecule has 2 heteroatoms. The Morgan fingerprint density at radius 1 is 1.75 bits per heavy atom. The SMILES string of the molecule is N#CCCC1CCN1. The van der Waals surface area contributed by atoms with Crippen LogP contribution in [0.4, 0.5) is 0 Å². The molecule has 0 bridgehead atoms. The van der Waals surface area contributed by atoms with Crippen LogP contribution in [0, 0.1) is 11.3 Å². The van der Waals surface area contributed by atoms with Gasteiger partial charge < -0.3 is 5.32 Å². The molecule has 0 aromatic carbocycles. The first kappa shape index (κ1) is 5.58. The molecule has 0 radical (unpaired) electrons. The van der Waals surface area contributed by atoms with Crippen LogP contribution in [0.2, 0.25) is 0 Å². The Balaban J connectivity index is 1.95. The predicted molar refractivity (Wildman–Crippen MR) is 31.3 cm³/mol. The predicted octanol–water partition coefficient (Wildman–Crippen LogP) is 0.652. The zero-order valence-corrected chi connectivity index (χ0v) is 4.85. The molecule has 1 unspecified atom stereocenters. The molecule has 1 rings (SSSR count). The Labute approximate surface area is 49.5 Å². The molecule has 1 aliphatic heterocycles. The zero-order valence-electron chi connectivity index (χ0n) is 4.85. The molecular formula is C6H10N2. The molecule has 0 saturated carbocycles. The van der Waals surface area contributed by atoms with Crippen molar-refractivity contribution in [3.8, 4) is 6.07 Å². The van der Waals surface area contributed by atoms with Gasteiger partial charge in [-0.15, -0.1) is 0 Å². The minimum absolute atomic E-state index is 0.662. The molecular weight excluding hydrogens is 100 g/mol. The minimum Gasteiger partial charge on any atom is -0.314 e. The third kappa shape index (κ3) is 1.21. The molecule has 8 heavy (non-hydrogen) atoms. The van der Waals surface area contributed by atoms with E-state index in [1.165, 1.54) is 6.42 Å². The van der Waals surface area contributed by atoms with E-state index in [0.717, 1.165) is 13.0 Å². The van der Waals surface area contributed by atoms with Crippen molar-refractivity contribution in [2.24, 2.45) is 0 Å². The summed E-state index contributed by atoms with van der Waals surface area (Å²) in [4.78, 5) is 0. The van der Waals surface area contributed by atoms with Gasteiger partial charge in [0.1, 0.15) is 0 Å². The summed E-state index contributed by atoms with van der Waals surface area (Å²) in [6.45, 7) is 1.15. The third-order valence-electron chi connectivity index (χ3n) is 1.53. The lowest BCUT2D eigenvalue weighted by Gasteiger charge is -2.26. The number of nitrogens with zero attached hydrogens (tertiary/aromatic N) is 1. The highest BCUT2D eigenvalue weighted by atomic mass is 15.0. The summed E-state index contributed by atoms with van der Waals surface area (Å²) in [6, 6.07) is 2.79. The molecule has 1 aliphatic rings. The van der Waals surface area contributed by atoms with Gasteiger partial charge >= 0.3 is 0 Å². The van der Waals surface area contributed by atoms with E-state index in [4.69, 9.17) is 5.26 Å². The number of nitriles is 1. The molecule has 1 N–H and O–H groups in total. The highest BCUT2D eigenvalue weighted by molar-refractivity contribution is 4.81. The van der Waals surface area contributed by atoms with Gasteiger partial charge in [0, 0.05) is 12.5 Å². The van der Waals surface area contributed by atoms with Crippen molar-refractivity contribution in [3.63, 3.8) is 0 Å². The van der Waals surface area contributed by atoms with Crippen molar-refractivity contribution in [1.29, 1.82) is 5.26 Å². The molecule has 1 atom stereocenters. The fourth-order valence-electron chi connectivity index (χ4n) is 0.834. The van der Waals surface area contributed by atoms with E-state index in [1.807, 2.05) is 0 Å². The van der Waals surface area contributed by atoms with Crippen molar-refractivity contribution in [1.82, 2.24) is 5.32 Å². The number of hydrogen-bond acceptors (Lipinski definition) is 2. The van der Waals surface area contributed by atoms with Crippen LogP contribution in [0.1, 0.15) is 19.3 Å². The molecule has 44 valence electrons. The average molecular weight is 110 g/mol. The maximum atomic E-state index is 8.16. The largest absolute Gasteiger partial charge is 0.314 e. The summed E-state index contributed by atoms with van der Waals surface area (Å²) in [6.07, 6.45) is 3.01. The summed E-state index contributed by atoms with van der Waals surface area (Å²) in [7, 11) is 0. The maximum Gasteiger partial charge on any atom is 0.0622 e. The lowest BCUT2D eigenvalue weighted by Crippen LogP contribution is -2.42. The molecule has 0 amide bonds. The summed E-state index contributed by atoms with van der Waals surface area (Å²) in [5.74, 6) is 0. The van der Waals surface area contributed by atoms with Gasteiger partial charge in [0.15, 0.2) is 0 Å². The Morgan fingerprint density at radius 2 is 2.50 bits per heavy atom. The van der Waals surface area contributed by atoms with Gasteiger partial charge in [-0.1, -0.05) is 0 Å². The fourth-order valence-corrected chi connectivity index (χ4v) is 0.834. The molecule has 0 aliphatic carbocycles. The highest BCUT2D eigenvalue weighted by Gasteiger charge is 2.14. The molecule has 2 nitrogen and oxygen atoms in total. The van der Waals surface area contributed by atoms with Crippen LogP contribution < -0.4 is 5.32 Å². The highest BCUT2D eigenvalue weighted by Crippen LogP contribution is 2.07. The van der Waals surface area contributed by atoms with Crippen molar-refractivity contribution in [3.05, 3.63) is 0 Å². The second-order valence-corrected chi connectivity index (χ2v) is 2.14. The van der Waals surface area contributed by atoms with Crippen molar-refractivity contribution in [2.45, 2.75) is 25.3 Å². The number of nitrogens with one attached hydrogen (secondary N) is 1. The van der Waals surface area contributed by atoms with E-state index in [1.54, 1.807) is 0 Å². The molecule has 0 aromatic heterocycles. The van der Waals surface area contributed by atoms with Gasteiger partial charge in [0.05, 0.1) is 6.07 Å². The third-order valence-corrected chi connectivity index (χ3v) is 1.53. The zero-order chi connectivity index (χ0) is 5.82. The first-order valence-electron chi connectivity index (χ1n) is 3.04. The molecule has 1 saturated heterocycles. The van der Waals surface area contributed by atoms with Gasteiger partial charge in [0.25, 0.3) is 0 Å². The quantitative estimate of drug-likeness (QED) is 0.566. The van der Waals surface area contributed by atoms with Gasteiger partial charge in [-0.2, -0.15) is 5.26 Å². The Hall–Kier alpha value is -0.550. The Kier molecular flexibility index (Phi) is 1.87. The van der Waals surface area contributed by atoms with Gasteiger partial charge in [0.2, 0.25) is 0 Å².